The van der Waals surface area contributed by atoms with Gasteiger partial charge in [0, 0.05) is 16.7 Å². The lowest BCUT2D eigenvalue weighted by Crippen LogP contribution is -2.27. The predicted octanol–water partition coefficient (Wildman–Crippen LogP) is 3.74. The summed E-state index contributed by atoms with van der Waals surface area (Å²) in [6.45, 7) is 0.742. The fourth-order valence-electron chi connectivity index (χ4n) is 2.87. The third-order valence-corrected chi connectivity index (χ3v) is 5.02. The van der Waals surface area contributed by atoms with Crippen LogP contribution in [0.5, 0.6) is 5.75 Å². The number of nitrogens with one attached hydrogen (secondary N) is 1. The van der Waals surface area contributed by atoms with E-state index in [4.69, 9.17) is 9.72 Å². The molecule has 0 unspecified atom stereocenters. The standard InChI is InChI=1S/C20H17N3O2S/c1-25-14-6-4-5-13(11-14)18-12-16(15-7-2-3-8-17(15)22-18)19(24)23-20-21-9-10-26-20/h2-8,11-12H,9-10H2,1H3,(H,21,23,24). The highest BCUT2D eigenvalue weighted by molar-refractivity contribution is 8.14. The number of aliphatic imine (C=N–C) groups is 1. The summed E-state index contributed by atoms with van der Waals surface area (Å²) in [7, 11) is 1.63. The number of hydrogen-bond donors (Lipinski definition) is 1. The van der Waals surface area contributed by atoms with Gasteiger partial charge in [0.05, 0.1) is 30.4 Å². The maximum atomic E-state index is 12.9. The fourth-order valence-corrected chi connectivity index (χ4v) is 3.59. The van der Waals surface area contributed by atoms with Crippen molar-refractivity contribution in [3.8, 4) is 17.0 Å². The molecule has 5 nitrogen and oxygen atoms in total. The molecule has 0 atom stereocenters. The lowest BCUT2D eigenvalue weighted by atomic mass is 10.0. The highest BCUT2D eigenvalue weighted by Crippen LogP contribution is 2.27. The van der Waals surface area contributed by atoms with Gasteiger partial charge in [-0.25, -0.2) is 4.98 Å². The minimum atomic E-state index is -0.166. The Balaban J connectivity index is 1.81. The molecule has 0 bridgehead atoms. The molecule has 1 N–H and O–H groups in total. The lowest BCUT2D eigenvalue weighted by molar-refractivity contribution is 0.0979. The van der Waals surface area contributed by atoms with Gasteiger partial charge in [-0.2, -0.15) is 0 Å². The van der Waals surface area contributed by atoms with Crippen LogP contribution in [-0.2, 0) is 0 Å². The van der Waals surface area contributed by atoms with Crippen molar-refractivity contribution in [1.82, 2.24) is 10.3 Å². The molecule has 1 amide bonds. The molecular weight excluding hydrogens is 346 g/mol. The van der Waals surface area contributed by atoms with E-state index in [-0.39, 0.29) is 5.91 Å². The minimum Gasteiger partial charge on any atom is -0.497 e. The van der Waals surface area contributed by atoms with Crippen molar-refractivity contribution in [3.05, 3.63) is 60.2 Å². The number of amides is 1. The molecule has 0 saturated heterocycles. The molecule has 0 radical (unpaired) electrons. The van der Waals surface area contributed by atoms with Gasteiger partial charge in [-0.3, -0.25) is 9.79 Å². The van der Waals surface area contributed by atoms with E-state index in [9.17, 15) is 4.79 Å². The average molecular weight is 363 g/mol. The van der Waals surface area contributed by atoms with E-state index in [0.29, 0.717) is 10.7 Å². The van der Waals surface area contributed by atoms with Crippen LogP contribution in [0.15, 0.2) is 59.6 Å². The number of ether oxygens (including phenoxy) is 1. The Kier molecular flexibility index (Phi) is 4.58. The molecule has 3 aromatic rings. The van der Waals surface area contributed by atoms with Gasteiger partial charge >= 0.3 is 0 Å². The monoisotopic (exact) mass is 363 g/mol. The van der Waals surface area contributed by atoms with Crippen molar-refractivity contribution in [2.24, 2.45) is 4.99 Å². The van der Waals surface area contributed by atoms with Gasteiger partial charge in [0.15, 0.2) is 5.17 Å². The second-order valence-electron chi connectivity index (χ2n) is 5.79. The Labute approximate surface area is 155 Å². The molecule has 2 aromatic carbocycles. The number of thioether (sulfide) groups is 1. The molecule has 1 aliphatic heterocycles. The van der Waals surface area contributed by atoms with Gasteiger partial charge in [0.1, 0.15) is 5.75 Å². The Bertz CT molecular complexity index is 1020. The Hall–Kier alpha value is -2.86. The van der Waals surface area contributed by atoms with Crippen LogP contribution in [-0.4, -0.2) is 35.5 Å². The third-order valence-electron chi connectivity index (χ3n) is 4.13. The van der Waals surface area contributed by atoms with E-state index < -0.39 is 0 Å². The third kappa shape index (κ3) is 3.28. The van der Waals surface area contributed by atoms with E-state index in [0.717, 1.165) is 40.2 Å². The summed E-state index contributed by atoms with van der Waals surface area (Å²) < 4.78 is 5.30. The number of benzene rings is 2. The van der Waals surface area contributed by atoms with Crippen molar-refractivity contribution in [3.63, 3.8) is 0 Å². The second kappa shape index (κ2) is 7.17. The van der Waals surface area contributed by atoms with Gasteiger partial charge in [0.25, 0.3) is 5.91 Å². The van der Waals surface area contributed by atoms with E-state index in [1.54, 1.807) is 18.9 Å². The van der Waals surface area contributed by atoms with Crippen molar-refractivity contribution in [2.75, 3.05) is 19.4 Å². The molecule has 0 fully saturated rings. The number of pyridine rings is 1. The molecule has 4 rings (SSSR count). The SMILES string of the molecule is COc1cccc(-c2cc(C(=O)NC3=NCCS3)c3ccccc3n2)c1. The molecule has 1 aliphatic rings. The molecule has 2 heterocycles. The molecule has 0 spiro atoms. The molecular formula is C20H17N3O2S. The summed E-state index contributed by atoms with van der Waals surface area (Å²) in [4.78, 5) is 21.9. The van der Waals surface area contributed by atoms with Crippen LogP contribution < -0.4 is 10.1 Å². The minimum absolute atomic E-state index is 0.166. The largest absolute Gasteiger partial charge is 0.497 e. The van der Waals surface area contributed by atoms with Crippen LogP contribution in [0.2, 0.25) is 0 Å². The predicted molar refractivity (Wildman–Crippen MR) is 106 cm³/mol. The van der Waals surface area contributed by atoms with Gasteiger partial charge in [-0.05, 0) is 24.3 Å². The second-order valence-corrected chi connectivity index (χ2v) is 6.88. The number of rotatable bonds is 3. The van der Waals surface area contributed by atoms with Crippen LogP contribution in [0.1, 0.15) is 10.4 Å². The van der Waals surface area contributed by atoms with Crippen LogP contribution >= 0.6 is 11.8 Å². The zero-order valence-electron chi connectivity index (χ0n) is 14.2. The van der Waals surface area contributed by atoms with E-state index >= 15 is 0 Å². The average Bonchev–Trinajstić information content (AvgIpc) is 3.20. The molecule has 130 valence electrons. The number of para-hydroxylation sites is 1. The smallest absolute Gasteiger partial charge is 0.257 e. The molecule has 6 heteroatoms. The normalized spacial score (nSPS) is 13.5. The molecule has 26 heavy (non-hydrogen) atoms. The summed E-state index contributed by atoms with van der Waals surface area (Å²) in [5.41, 5.74) is 2.99. The summed E-state index contributed by atoms with van der Waals surface area (Å²) in [5.74, 6) is 1.49. The van der Waals surface area contributed by atoms with E-state index in [2.05, 4.69) is 10.3 Å². The van der Waals surface area contributed by atoms with Crippen molar-refractivity contribution >= 4 is 33.7 Å². The van der Waals surface area contributed by atoms with Crippen LogP contribution in [0.3, 0.4) is 0 Å². The zero-order chi connectivity index (χ0) is 17.9. The first kappa shape index (κ1) is 16.6. The summed E-state index contributed by atoms with van der Waals surface area (Å²) in [6, 6.07) is 17.1. The number of hydrogen-bond acceptors (Lipinski definition) is 5. The first-order valence-corrected chi connectivity index (χ1v) is 9.26. The quantitative estimate of drug-likeness (QED) is 0.770. The number of methoxy groups -OCH3 is 1. The van der Waals surface area contributed by atoms with Gasteiger partial charge < -0.3 is 10.1 Å². The summed E-state index contributed by atoms with van der Waals surface area (Å²) in [5, 5.41) is 4.41. The maximum Gasteiger partial charge on any atom is 0.257 e. The van der Waals surface area contributed by atoms with Gasteiger partial charge in [-0.1, -0.05) is 42.1 Å². The van der Waals surface area contributed by atoms with Crippen molar-refractivity contribution < 1.29 is 9.53 Å². The first-order valence-electron chi connectivity index (χ1n) is 8.27. The van der Waals surface area contributed by atoms with Crippen LogP contribution in [0.4, 0.5) is 0 Å². The molecule has 0 aliphatic carbocycles. The van der Waals surface area contributed by atoms with Crippen molar-refractivity contribution in [2.45, 2.75) is 0 Å². The molecule has 1 aromatic heterocycles. The highest BCUT2D eigenvalue weighted by atomic mass is 32.2. The lowest BCUT2D eigenvalue weighted by Gasteiger charge is -2.11. The number of carbonyl (C=O) groups is 1. The zero-order valence-corrected chi connectivity index (χ0v) is 15.0. The molecule has 0 saturated carbocycles. The van der Waals surface area contributed by atoms with Gasteiger partial charge in [-0.15, -0.1) is 0 Å². The number of amidine groups is 1. The number of nitrogens with zero attached hydrogens (tertiary/aromatic N) is 2. The number of carbonyl (C=O) groups excluding carboxylic acids is 1. The van der Waals surface area contributed by atoms with E-state index in [1.807, 2.05) is 54.6 Å². The Morgan fingerprint density at radius 3 is 2.85 bits per heavy atom. The number of aromatic nitrogens is 1. The Morgan fingerprint density at radius 2 is 2.04 bits per heavy atom. The first-order chi connectivity index (χ1) is 12.7. The maximum absolute atomic E-state index is 12.9. The van der Waals surface area contributed by atoms with Gasteiger partial charge in [0.2, 0.25) is 0 Å². The van der Waals surface area contributed by atoms with Crippen LogP contribution in [0, 0.1) is 0 Å². The van der Waals surface area contributed by atoms with E-state index in [1.165, 1.54) is 0 Å². The highest BCUT2D eigenvalue weighted by Gasteiger charge is 2.17. The summed E-state index contributed by atoms with van der Waals surface area (Å²) in [6.07, 6.45) is 0. The van der Waals surface area contributed by atoms with Crippen LogP contribution in [0.25, 0.3) is 22.2 Å². The topological polar surface area (TPSA) is 63.6 Å². The van der Waals surface area contributed by atoms with Crippen molar-refractivity contribution in [1.29, 1.82) is 0 Å². The fraction of sp³-hybridized carbons (Fsp3) is 0.150. The summed E-state index contributed by atoms with van der Waals surface area (Å²) >= 11 is 1.56. The Morgan fingerprint density at radius 1 is 1.15 bits per heavy atom. The number of fused-ring (bicyclic) bond motifs is 1.